The third-order valence-corrected chi connectivity index (χ3v) is 2.65. The highest BCUT2D eigenvalue weighted by molar-refractivity contribution is 7.98. The van der Waals surface area contributed by atoms with Gasteiger partial charge in [-0.3, -0.25) is 0 Å². The smallest absolute Gasteiger partial charge is 0.317 e. The van der Waals surface area contributed by atoms with Crippen LogP contribution in [0.25, 0.3) is 0 Å². The fraction of sp³-hybridized carbons (Fsp3) is 0.857. The van der Waals surface area contributed by atoms with E-state index >= 15 is 0 Å². The molecule has 0 aromatic heterocycles. The fourth-order valence-electron chi connectivity index (χ4n) is 1.24. The Hall–Kier alpha value is -0.380. The summed E-state index contributed by atoms with van der Waals surface area (Å²) in [5, 5.41) is 2.79. The van der Waals surface area contributed by atoms with Crippen LogP contribution in [0, 0.1) is 0 Å². The third kappa shape index (κ3) is 2.02. The first-order chi connectivity index (χ1) is 5.25. The van der Waals surface area contributed by atoms with Crippen molar-refractivity contribution in [3.8, 4) is 0 Å². The number of thioether (sulfide) groups is 1. The predicted octanol–water partition coefficient (Wildman–Crippen LogP) is 0.763. The quantitative estimate of drug-likeness (QED) is 0.685. The lowest BCUT2D eigenvalue weighted by Crippen LogP contribution is -2.37. The van der Waals surface area contributed by atoms with Crippen molar-refractivity contribution < 1.29 is 4.79 Å². The summed E-state index contributed by atoms with van der Waals surface area (Å²) in [6, 6.07) is 0.457. The number of amides is 2. The Morgan fingerprint density at radius 2 is 2.55 bits per heavy atom. The molecule has 64 valence electrons. The van der Waals surface area contributed by atoms with Crippen molar-refractivity contribution in [2.24, 2.45) is 0 Å². The minimum atomic E-state index is 0.0894. The number of carbonyl (C=O) groups excluding carboxylic acids is 1. The molecule has 1 N–H and O–H groups in total. The van der Waals surface area contributed by atoms with Gasteiger partial charge in [0.25, 0.3) is 0 Å². The van der Waals surface area contributed by atoms with Crippen LogP contribution in [-0.4, -0.2) is 42.1 Å². The van der Waals surface area contributed by atoms with Crippen LogP contribution in [0.1, 0.15) is 6.92 Å². The molecular weight excluding hydrogens is 160 g/mol. The molecule has 1 aliphatic rings. The van der Waals surface area contributed by atoms with E-state index in [-0.39, 0.29) is 6.03 Å². The van der Waals surface area contributed by atoms with E-state index in [1.54, 1.807) is 11.8 Å². The molecule has 0 aromatic carbocycles. The van der Waals surface area contributed by atoms with Crippen LogP contribution in [-0.2, 0) is 0 Å². The Morgan fingerprint density at radius 1 is 1.82 bits per heavy atom. The van der Waals surface area contributed by atoms with Crippen LogP contribution in [0.4, 0.5) is 4.79 Å². The molecule has 1 rings (SSSR count). The molecule has 0 aromatic rings. The topological polar surface area (TPSA) is 32.3 Å². The van der Waals surface area contributed by atoms with Crippen LogP contribution in [0.5, 0.6) is 0 Å². The van der Waals surface area contributed by atoms with Crippen molar-refractivity contribution in [1.82, 2.24) is 10.2 Å². The molecule has 0 spiro atoms. The Morgan fingerprint density at radius 3 is 3.00 bits per heavy atom. The predicted molar refractivity (Wildman–Crippen MR) is 47.9 cm³/mol. The third-order valence-electron chi connectivity index (χ3n) is 1.83. The average Bonchev–Trinajstić information content (AvgIpc) is 2.36. The summed E-state index contributed by atoms with van der Waals surface area (Å²) < 4.78 is 0. The highest BCUT2D eigenvalue weighted by Gasteiger charge is 2.23. The van der Waals surface area contributed by atoms with Gasteiger partial charge in [0.15, 0.2) is 0 Å². The maximum Gasteiger partial charge on any atom is 0.317 e. The van der Waals surface area contributed by atoms with Crippen molar-refractivity contribution in [3.63, 3.8) is 0 Å². The van der Waals surface area contributed by atoms with Gasteiger partial charge in [0.2, 0.25) is 0 Å². The summed E-state index contributed by atoms with van der Waals surface area (Å²) >= 11 is 1.78. The van der Waals surface area contributed by atoms with Crippen LogP contribution in [0.15, 0.2) is 0 Å². The Balaban J connectivity index is 2.39. The van der Waals surface area contributed by atoms with Crippen LogP contribution >= 0.6 is 11.8 Å². The molecule has 1 fully saturated rings. The lowest BCUT2D eigenvalue weighted by Gasteiger charge is -2.21. The first-order valence-electron chi connectivity index (χ1n) is 3.79. The van der Waals surface area contributed by atoms with Crippen LogP contribution in [0.3, 0.4) is 0 Å². The molecule has 1 heterocycles. The Labute approximate surface area is 71.5 Å². The summed E-state index contributed by atoms with van der Waals surface area (Å²) in [6.07, 6.45) is 2.06. The fourth-order valence-corrected chi connectivity index (χ4v) is 1.90. The van der Waals surface area contributed by atoms with E-state index in [0.717, 1.165) is 18.8 Å². The maximum absolute atomic E-state index is 11.1. The second kappa shape index (κ2) is 3.85. The summed E-state index contributed by atoms with van der Waals surface area (Å²) in [7, 11) is 0. The van der Waals surface area contributed by atoms with Gasteiger partial charge in [-0.25, -0.2) is 4.79 Å². The molecular formula is C7H14N2OS. The molecule has 0 radical (unpaired) electrons. The standard InChI is InChI=1S/C7H14N2OS/c1-6(5-11-2)9-4-3-8-7(9)10/h6H,3-5H2,1-2H3,(H,8,10). The molecule has 1 atom stereocenters. The molecule has 11 heavy (non-hydrogen) atoms. The Kier molecular flexibility index (Phi) is 3.05. The molecule has 1 saturated heterocycles. The molecule has 0 bridgehead atoms. The van der Waals surface area contributed by atoms with Gasteiger partial charge in [0, 0.05) is 24.9 Å². The highest BCUT2D eigenvalue weighted by atomic mass is 32.2. The summed E-state index contributed by atoms with van der Waals surface area (Å²) in [4.78, 5) is 13.0. The molecule has 1 aliphatic heterocycles. The minimum absolute atomic E-state index is 0.0894. The number of carbonyl (C=O) groups is 1. The minimum Gasteiger partial charge on any atom is -0.336 e. The van der Waals surface area contributed by atoms with Gasteiger partial charge in [-0.05, 0) is 13.2 Å². The second-order valence-electron chi connectivity index (χ2n) is 2.73. The average molecular weight is 174 g/mol. The SMILES string of the molecule is CSCC(C)N1CCNC1=O. The van der Waals surface area contributed by atoms with E-state index in [0.29, 0.717) is 6.04 Å². The van der Waals surface area contributed by atoms with Gasteiger partial charge in [-0.1, -0.05) is 0 Å². The molecule has 0 saturated carbocycles. The first kappa shape index (κ1) is 8.71. The van der Waals surface area contributed by atoms with Crippen molar-refractivity contribution >= 4 is 17.8 Å². The number of hydrogen-bond donors (Lipinski definition) is 1. The van der Waals surface area contributed by atoms with Gasteiger partial charge in [-0.15, -0.1) is 0 Å². The van der Waals surface area contributed by atoms with Crippen molar-refractivity contribution in [3.05, 3.63) is 0 Å². The highest BCUT2D eigenvalue weighted by Crippen LogP contribution is 2.08. The van der Waals surface area contributed by atoms with E-state index in [1.807, 2.05) is 4.90 Å². The summed E-state index contributed by atoms with van der Waals surface area (Å²) in [6.45, 7) is 3.75. The van der Waals surface area contributed by atoms with E-state index in [1.165, 1.54) is 0 Å². The summed E-state index contributed by atoms with van der Waals surface area (Å²) in [5.41, 5.74) is 0. The summed E-state index contributed by atoms with van der Waals surface area (Å²) in [5.74, 6) is 1.02. The number of urea groups is 1. The number of hydrogen-bond acceptors (Lipinski definition) is 2. The zero-order valence-electron chi connectivity index (χ0n) is 6.96. The van der Waals surface area contributed by atoms with Gasteiger partial charge in [0.1, 0.15) is 0 Å². The van der Waals surface area contributed by atoms with Crippen molar-refractivity contribution in [2.75, 3.05) is 25.1 Å². The zero-order valence-corrected chi connectivity index (χ0v) is 7.78. The molecule has 4 heteroatoms. The van der Waals surface area contributed by atoms with Gasteiger partial charge >= 0.3 is 6.03 Å². The lowest BCUT2D eigenvalue weighted by molar-refractivity contribution is 0.207. The van der Waals surface area contributed by atoms with Gasteiger partial charge < -0.3 is 10.2 Å². The van der Waals surface area contributed by atoms with Crippen LogP contribution in [0.2, 0.25) is 0 Å². The number of nitrogens with zero attached hydrogens (tertiary/aromatic N) is 1. The van der Waals surface area contributed by atoms with Crippen LogP contribution < -0.4 is 5.32 Å². The Bertz CT molecular complexity index is 151. The van der Waals surface area contributed by atoms with Gasteiger partial charge in [0.05, 0.1) is 0 Å². The molecule has 2 amide bonds. The monoisotopic (exact) mass is 174 g/mol. The second-order valence-corrected chi connectivity index (χ2v) is 3.64. The van der Waals surface area contributed by atoms with E-state index in [4.69, 9.17) is 0 Å². The van der Waals surface area contributed by atoms with E-state index in [2.05, 4.69) is 18.5 Å². The normalized spacial score (nSPS) is 20.2. The van der Waals surface area contributed by atoms with E-state index in [9.17, 15) is 4.79 Å². The molecule has 0 aliphatic carbocycles. The number of rotatable bonds is 3. The maximum atomic E-state index is 11.1. The van der Waals surface area contributed by atoms with Crippen molar-refractivity contribution in [1.29, 1.82) is 0 Å². The molecule has 3 nitrogen and oxygen atoms in total. The van der Waals surface area contributed by atoms with E-state index < -0.39 is 0 Å². The van der Waals surface area contributed by atoms with Gasteiger partial charge in [-0.2, -0.15) is 11.8 Å². The zero-order chi connectivity index (χ0) is 8.27. The number of nitrogens with one attached hydrogen (secondary N) is 1. The lowest BCUT2D eigenvalue weighted by atomic mass is 10.3. The largest absolute Gasteiger partial charge is 0.336 e. The first-order valence-corrected chi connectivity index (χ1v) is 5.18. The molecule has 1 unspecified atom stereocenters. The van der Waals surface area contributed by atoms with Crippen molar-refractivity contribution in [2.45, 2.75) is 13.0 Å².